The first kappa shape index (κ1) is 10.8. The fourth-order valence-corrected chi connectivity index (χ4v) is 4.05. The van der Waals surface area contributed by atoms with Crippen molar-refractivity contribution < 1.29 is 8.42 Å². The molecular formula is C12H14N2O2S. The Morgan fingerprint density at radius 3 is 2.88 bits per heavy atom. The van der Waals surface area contributed by atoms with Crippen molar-refractivity contribution in [2.24, 2.45) is 0 Å². The molecule has 90 valence electrons. The predicted molar refractivity (Wildman–Crippen MR) is 67.7 cm³/mol. The third kappa shape index (κ3) is 1.75. The van der Waals surface area contributed by atoms with E-state index in [2.05, 4.69) is 10.3 Å². The SMILES string of the molecule is O=S1(=O)CCNCC1c1c[nH]c2ccccc12. The normalized spacial score (nSPS) is 23.9. The van der Waals surface area contributed by atoms with Crippen molar-refractivity contribution >= 4 is 20.7 Å². The first-order chi connectivity index (χ1) is 8.18. The molecule has 17 heavy (non-hydrogen) atoms. The summed E-state index contributed by atoms with van der Waals surface area (Å²) in [6.07, 6.45) is 1.82. The Bertz CT molecular complexity index is 645. The van der Waals surface area contributed by atoms with E-state index in [0.29, 0.717) is 13.1 Å². The second kappa shape index (κ2) is 3.85. The van der Waals surface area contributed by atoms with Crippen LogP contribution < -0.4 is 5.32 Å². The molecular weight excluding hydrogens is 236 g/mol. The standard InChI is InChI=1S/C12H14N2O2S/c15-17(16)6-5-13-8-12(17)10-7-14-11-4-2-1-3-9(10)11/h1-4,7,12-14H,5-6,8H2. The van der Waals surface area contributed by atoms with E-state index < -0.39 is 15.1 Å². The Balaban J connectivity index is 2.15. The van der Waals surface area contributed by atoms with E-state index in [9.17, 15) is 8.42 Å². The molecule has 1 aromatic carbocycles. The van der Waals surface area contributed by atoms with Gasteiger partial charge in [-0.1, -0.05) is 18.2 Å². The zero-order chi connectivity index (χ0) is 11.9. The summed E-state index contributed by atoms with van der Waals surface area (Å²) in [4.78, 5) is 3.13. The van der Waals surface area contributed by atoms with Crippen LogP contribution in [0.4, 0.5) is 0 Å². The minimum Gasteiger partial charge on any atom is -0.361 e. The topological polar surface area (TPSA) is 62.0 Å². The van der Waals surface area contributed by atoms with Crippen molar-refractivity contribution in [1.82, 2.24) is 10.3 Å². The first-order valence-corrected chi connectivity index (χ1v) is 7.38. The van der Waals surface area contributed by atoms with Gasteiger partial charge in [-0.2, -0.15) is 0 Å². The van der Waals surface area contributed by atoms with Crippen molar-refractivity contribution in [3.63, 3.8) is 0 Å². The van der Waals surface area contributed by atoms with Gasteiger partial charge in [0.05, 0.1) is 5.75 Å². The van der Waals surface area contributed by atoms with Gasteiger partial charge in [0.25, 0.3) is 0 Å². The summed E-state index contributed by atoms with van der Waals surface area (Å²) in [7, 11) is -3.02. The van der Waals surface area contributed by atoms with Crippen LogP contribution in [-0.4, -0.2) is 32.2 Å². The number of hydrogen-bond acceptors (Lipinski definition) is 3. The summed E-state index contributed by atoms with van der Waals surface area (Å²) < 4.78 is 24.1. The Morgan fingerprint density at radius 2 is 2.06 bits per heavy atom. The lowest BCUT2D eigenvalue weighted by molar-refractivity contribution is 0.552. The summed E-state index contributed by atoms with van der Waals surface area (Å²) in [5.41, 5.74) is 1.87. The van der Waals surface area contributed by atoms with Crippen molar-refractivity contribution in [3.05, 3.63) is 36.0 Å². The molecule has 3 rings (SSSR count). The Hall–Kier alpha value is -1.33. The Labute approximate surface area is 100.0 Å². The number of aromatic amines is 1. The fraction of sp³-hybridized carbons (Fsp3) is 0.333. The lowest BCUT2D eigenvalue weighted by atomic mass is 10.1. The van der Waals surface area contributed by atoms with Crippen LogP contribution in [0.5, 0.6) is 0 Å². The Kier molecular flexibility index (Phi) is 2.45. The van der Waals surface area contributed by atoms with Crippen LogP contribution >= 0.6 is 0 Å². The molecule has 1 atom stereocenters. The molecule has 1 aliphatic heterocycles. The van der Waals surface area contributed by atoms with E-state index in [1.165, 1.54) is 0 Å². The van der Waals surface area contributed by atoms with Gasteiger partial charge in [-0.3, -0.25) is 0 Å². The zero-order valence-corrected chi connectivity index (χ0v) is 10.1. The van der Waals surface area contributed by atoms with E-state index in [1.54, 1.807) is 0 Å². The molecule has 1 fully saturated rings. The molecule has 1 unspecified atom stereocenters. The minimum absolute atomic E-state index is 0.219. The van der Waals surface area contributed by atoms with Crippen LogP contribution in [0.1, 0.15) is 10.8 Å². The highest BCUT2D eigenvalue weighted by atomic mass is 32.2. The Morgan fingerprint density at radius 1 is 1.24 bits per heavy atom. The maximum absolute atomic E-state index is 12.1. The van der Waals surface area contributed by atoms with Gasteiger partial charge >= 0.3 is 0 Å². The number of sulfone groups is 1. The first-order valence-electron chi connectivity index (χ1n) is 5.67. The average Bonchev–Trinajstić information content (AvgIpc) is 2.72. The van der Waals surface area contributed by atoms with Gasteiger partial charge in [-0.15, -0.1) is 0 Å². The number of H-pyrrole nitrogens is 1. The summed E-state index contributed by atoms with van der Waals surface area (Å²) in [5.74, 6) is 0.219. The highest BCUT2D eigenvalue weighted by Crippen LogP contribution is 2.30. The van der Waals surface area contributed by atoms with E-state index in [0.717, 1.165) is 16.5 Å². The number of rotatable bonds is 1. The predicted octanol–water partition coefficient (Wildman–Crippen LogP) is 1.23. The quantitative estimate of drug-likeness (QED) is 0.800. The lowest BCUT2D eigenvalue weighted by Crippen LogP contribution is -2.38. The van der Waals surface area contributed by atoms with Crippen molar-refractivity contribution in [2.45, 2.75) is 5.25 Å². The molecule has 0 aliphatic carbocycles. The smallest absolute Gasteiger partial charge is 0.159 e. The third-order valence-corrected chi connectivity index (χ3v) is 5.36. The van der Waals surface area contributed by atoms with Crippen LogP contribution in [-0.2, 0) is 9.84 Å². The van der Waals surface area contributed by atoms with Crippen molar-refractivity contribution in [2.75, 3.05) is 18.8 Å². The molecule has 1 aromatic heterocycles. The van der Waals surface area contributed by atoms with E-state index in [-0.39, 0.29) is 5.75 Å². The van der Waals surface area contributed by atoms with Gasteiger partial charge in [-0.25, -0.2) is 8.42 Å². The molecule has 2 heterocycles. The summed E-state index contributed by atoms with van der Waals surface area (Å²) >= 11 is 0. The molecule has 1 saturated heterocycles. The zero-order valence-electron chi connectivity index (χ0n) is 9.31. The number of benzene rings is 1. The molecule has 0 saturated carbocycles. The van der Waals surface area contributed by atoms with Gasteiger partial charge in [-0.05, 0) is 11.6 Å². The molecule has 0 radical (unpaired) electrons. The van der Waals surface area contributed by atoms with Crippen LogP contribution in [0.3, 0.4) is 0 Å². The monoisotopic (exact) mass is 250 g/mol. The summed E-state index contributed by atoms with van der Waals surface area (Å²) in [6, 6.07) is 7.80. The van der Waals surface area contributed by atoms with E-state index in [4.69, 9.17) is 0 Å². The third-order valence-electron chi connectivity index (χ3n) is 3.29. The number of hydrogen-bond donors (Lipinski definition) is 2. The van der Waals surface area contributed by atoms with Gasteiger partial charge in [0.1, 0.15) is 5.25 Å². The van der Waals surface area contributed by atoms with Crippen molar-refractivity contribution in [3.8, 4) is 0 Å². The van der Waals surface area contributed by atoms with Crippen molar-refractivity contribution in [1.29, 1.82) is 0 Å². The van der Waals surface area contributed by atoms with Crippen LogP contribution in [0.15, 0.2) is 30.5 Å². The maximum Gasteiger partial charge on any atom is 0.159 e. The molecule has 0 amide bonds. The lowest BCUT2D eigenvalue weighted by Gasteiger charge is -2.22. The van der Waals surface area contributed by atoms with Gasteiger partial charge in [0.15, 0.2) is 9.84 Å². The molecule has 5 heteroatoms. The van der Waals surface area contributed by atoms with Gasteiger partial charge in [0, 0.05) is 30.2 Å². The minimum atomic E-state index is -3.02. The van der Waals surface area contributed by atoms with Crippen LogP contribution in [0.2, 0.25) is 0 Å². The number of para-hydroxylation sites is 1. The van der Waals surface area contributed by atoms with Crippen LogP contribution in [0, 0.1) is 0 Å². The number of fused-ring (bicyclic) bond motifs is 1. The second-order valence-electron chi connectivity index (χ2n) is 4.35. The molecule has 0 bridgehead atoms. The molecule has 4 nitrogen and oxygen atoms in total. The highest BCUT2D eigenvalue weighted by Gasteiger charge is 2.31. The number of aromatic nitrogens is 1. The summed E-state index contributed by atoms with van der Waals surface area (Å²) in [6.45, 7) is 1.06. The molecule has 0 spiro atoms. The fourth-order valence-electron chi connectivity index (χ4n) is 2.38. The van der Waals surface area contributed by atoms with Gasteiger partial charge in [0.2, 0.25) is 0 Å². The summed E-state index contributed by atoms with van der Waals surface area (Å²) in [5, 5.41) is 3.73. The average molecular weight is 250 g/mol. The van der Waals surface area contributed by atoms with Crippen LogP contribution in [0.25, 0.3) is 10.9 Å². The molecule has 1 aliphatic rings. The van der Waals surface area contributed by atoms with Gasteiger partial charge < -0.3 is 10.3 Å². The van der Waals surface area contributed by atoms with E-state index in [1.807, 2.05) is 30.5 Å². The number of nitrogens with one attached hydrogen (secondary N) is 2. The molecule has 2 aromatic rings. The van der Waals surface area contributed by atoms with E-state index >= 15 is 0 Å². The highest BCUT2D eigenvalue weighted by molar-refractivity contribution is 7.91. The molecule has 2 N–H and O–H groups in total. The second-order valence-corrected chi connectivity index (χ2v) is 6.65. The largest absolute Gasteiger partial charge is 0.361 e. The maximum atomic E-state index is 12.1.